The van der Waals surface area contributed by atoms with Crippen LogP contribution in [0, 0.1) is 0 Å². The molecule has 1 aliphatic heterocycles. The highest BCUT2D eigenvalue weighted by molar-refractivity contribution is 6.04. The predicted molar refractivity (Wildman–Crippen MR) is 140 cm³/mol. The third-order valence-corrected chi connectivity index (χ3v) is 6.64. The average molecular weight is 450 g/mol. The molecule has 0 bridgehead atoms. The summed E-state index contributed by atoms with van der Waals surface area (Å²) in [5, 5.41) is 3.02. The van der Waals surface area contributed by atoms with Crippen LogP contribution in [-0.2, 0) is 12.0 Å². The Balaban J connectivity index is 1.47. The minimum atomic E-state index is -0.0569. The molecule has 4 nitrogen and oxygen atoms in total. The van der Waals surface area contributed by atoms with E-state index in [9.17, 15) is 4.79 Å². The fourth-order valence-corrected chi connectivity index (χ4v) is 4.44. The van der Waals surface area contributed by atoms with Gasteiger partial charge in [0.25, 0.3) is 5.91 Å². The van der Waals surface area contributed by atoms with Gasteiger partial charge in [0.2, 0.25) is 0 Å². The Labute approximate surface area is 201 Å². The van der Waals surface area contributed by atoms with Gasteiger partial charge in [-0.05, 0) is 73.3 Å². The normalized spacial score (nSPS) is 15.9. The molecule has 4 heteroatoms. The second-order valence-electron chi connectivity index (χ2n) is 10.5. The van der Waals surface area contributed by atoms with Crippen molar-refractivity contribution in [2.45, 2.75) is 71.8 Å². The Morgan fingerprint density at radius 1 is 0.848 bits per heavy atom. The minimum Gasteiger partial charge on any atom is -0.322 e. The number of rotatable bonds is 9. The van der Waals surface area contributed by atoms with Crippen molar-refractivity contribution in [2.75, 3.05) is 38.0 Å². The highest BCUT2D eigenvalue weighted by Gasteiger charge is 2.16. The fraction of sp³-hybridized carbons (Fsp3) is 0.552. The molecule has 0 atom stereocenters. The summed E-state index contributed by atoms with van der Waals surface area (Å²) in [5.74, 6) is -0.0569. The summed E-state index contributed by atoms with van der Waals surface area (Å²) in [7, 11) is 0. The van der Waals surface area contributed by atoms with E-state index in [1.807, 2.05) is 24.3 Å². The second kappa shape index (κ2) is 12.3. The standard InChI is InChI=1S/C29H43N3O/c1-5-6-7-8-18-31-19-9-20-32(22-21-31)23-24-10-12-25(13-11-24)28(33)30-27-16-14-26(15-17-27)29(2,3)4/h10-17H,5-9,18-23H2,1-4H3,(H,30,33). The molecule has 1 amide bonds. The van der Waals surface area contributed by atoms with Crippen molar-refractivity contribution < 1.29 is 4.79 Å². The number of unbranched alkanes of at least 4 members (excludes halogenated alkanes) is 3. The molecule has 3 rings (SSSR count). The Kier molecular flexibility index (Phi) is 9.52. The summed E-state index contributed by atoms with van der Waals surface area (Å²) in [5.41, 5.74) is 4.18. The molecule has 2 aromatic carbocycles. The zero-order valence-electron chi connectivity index (χ0n) is 21.2. The fourth-order valence-electron chi connectivity index (χ4n) is 4.44. The van der Waals surface area contributed by atoms with Gasteiger partial charge in [-0.25, -0.2) is 0 Å². The number of hydrogen-bond acceptors (Lipinski definition) is 3. The lowest BCUT2D eigenvalue weighted by Crippen LogP contribution is -2.31. The van der Waals surface area contributed by atoms with E-state index >= 15 is 0 Å². The molecular formula is C29H43N3O. The van der Waals surface area contributed by atoms with Gasteiger partial charge in [0, 0.05) is 30.9 Å². The van der Waals surface area contributed by atoms with E-state index in [4.69, 9.17) is 0 Å². The third kappa shape index (κ3) is 8.28. The largest absolute Gasteiger partial charge is 0.322 e. The van der Waals surface area contributed by atoms with E-state index in [0.29, 0.717) is 5.56 Å². The molecule has 180 valence electrons. The molecule has 1 N–H and O–H groups in total. The summed E-state index contributed by atoms with van der Waals surface area (Å²) in [6.45, 7) is 15.7. The molecule has 0 unspecified atom stereocenters. The van der Waals surface area contributed by atoms with Crippen LogP contribution in [0.3, 0.4) is 0 Å². The number of carbonyl (C=O) groups is 1. The zero-order valence-corrected chi connectivity index (χ0v) is 21.2. The summed E-state index contributed by atoms with van der Waals surface area (Å²) < 4.78 is 0. The van der Waals surface area contributed by atoms with Gasteiger partial charge in [-0.2, -0.15) is 0 Å². The zero-order chi connectivity index (χ0) is 23.7. The second-order valence-corrected chi connectivity index (χ2v) is 10.5. The number of carbonyl (C=O) groups excluding carboxylic acids is 1. The Hall–Kier alpha value is -2.17. The maximum atomic E-state index is 12.7. The van der Waals surface area contributed by atoms with Crippen LogP contribution in [0.25, 0.3) is 0 Å². The number of nitrogens with zero attached hydrogens (tertiary/aromatic N) is 2. The summed E-state index contributed by atoms with van der Waals surface area (Å²) in [4.78, 5) is 17.9. The van der Waals surface area contributed by atoms with E-state index in [-0.39, 0.29) is 11.3 Å². The quantitative estimate of drug-likeness (QED) is 0.455. The van der Waals surface area contributed by atoms with Gasteiger partial charge in [-0.1, -0.05) is 71.2 Å². The van der Waals surface area contributed by atoms with Crippen molar-refractivity contribution in [3.05, 3.63) is 65.2 Å². The van der Waals surface area contributed by atoms with Gasteiger partial charge in [0.1, 0.15) is 0 Å². The van der Waals surface area contributed by atoms with E-state index in [2.05, 4.69) is 67.1 Å². The Bertz CT molecular complexity index is 852. The first-order valence-electron chi connectivity index (χ1n) is 12.8. The summed E-state index contributed by atoms with van der Waals surface area (Å²) >= 11 is 0. The van der Waals surface area contributed by atoms with Crippen LogP contribution in [0.5, 0.6) is 0 Å². The van der Waals surface area contributed by atoms with Gasteiger partial charge >= 0.3 is 0 Å². The van der Waals surface area contributed by atoms with Crippen LogP contribution >= 0.6 is 0 Å². The molecule has 0 radical (unpaired) electrons. The molecule has 2 aromatic rings. The smallest absolute Gasteiger partial charge is 0.255 e. The van der Waals surface area contributed by atoms with E-state index in [1.165, 1.54) is 62.9 Å². The van der Waals surface area contributed by atoms with Crippen LogP contribution in [0.1, 0.15) is 81.3 Å². The number of hydrogen-bond donors (Lipinski definition) is 1. The molecule has 33 heavy (non-hydrogen) atoms. The summed E-state index contributed by atoms with van der Waals surface area (Å²) in [6.07, 6.45) is 6.59. The molecule has 0 aromatic heterocycles. The Morgan fingerprint density at radius 2 is 1.52 bits per heavy atom. The first kappa shape index (κ1) is 25.5. The molecule has 1 heterocycles. The number of anilines is 1. The van der Waals surface area contributed by atoms with Gasteiger partial charge < -0.3 is 10.2 Å². The monoisotopic (exact) mass is 449 g/mol. The van der Waals surface area contributed by atoms with Gasteiger partial charge in [0.15, 0.2) is 0 Å². The first-order chi connectivity index (χ1) is 15.8. The van der Waals surface area contributed by atoms with Gasteiger partial charge in [-0.15, -0.1) is 0 Å². The molecular weight excluding hydrogens is 406 g/mol. The topological polar surface area (TPSA) is 35.6 Å². The molecule has 1 saturated heterocycles. The SMILES string of the molecule is CCCCCCN1CCCN(Cc2ccc(C(=O)Nc3ccc(C(C)(C)C)cc3)cc2)CC1. The lowest BCUT2D eigenvalue weighted by molar-refractivity contribution is 0.102. The maximum Gasteiger partial charge on any atom is 0.255 e. The van der Waals surface area contributed by atoms with Crippen LogP contribution in [0.15, 0.2) is 48.5 Å². The lowest BCUT2D eigenvalue weighted by atomic mass is 9.87. The van der Waals surface area contributed by atoms with Crippen LogP contribution < -0.4 is 5.32 Å². The van der Waals surface area contributed by atoms with Crippen molar-refractivity contribution in [3.63, 3.8) is 0 Å². The molecule has 1 aliphatic rings. The van der Waals surface area contributed by atoms with E-state index < -0.39 is 0 Å². The lowest BCUT2D eigenvalue weighted by Gasteiger charge is -2.22. The van der Waals surface area contributed by atoms with Crippen LogP contribution in [0.2, 0.25) is 0 Å². The summed E-state index contributed by atoms with van der Waals surface area (Å²) in [6, 6.07) is 16.3. The van der Waals surface area contributed by atoms with Crippen molar-refractivity contribution in [2.24, 2.45) is 0 Å². The maximum absolute atomic E-state index is 12.7. The predicted octanol–water partition coefficient (Wildman–Crippen LogP) is 6.32. The first-order valence-corrected chi connectivity index (χ1v) is 12.8. The minimum absolute atomic E-state index is 0.0569. The molecule has 0 saturated carbocycles. The average Bonchev–Trinajstić information content (AvgIpc) is 3.02. The number of nitrogens with one attached hydrogen (secondary N) is 1. The van der Waals surface area contributed by atoms with Gasteiger partial charge in [0.05, 0.1) is 0 Å². The van der Waals surface area contributed by atoms with Gasteiger partial charge in [-0.3, -0.25) is 9.69 Å². The van der Waals surface area contributed by atoms with Crippen LogP contribution in [0.4, 0.5) is 5.69 Å². The molecule has 1 fully saturated rings. The third-order valence-electron chi connectivity index (χ3n) is 6.64. The van der Waals surface area contributed by atoms with Crippen molar-refractivity contribution >= 4 is 11.6 Å². The van der Waals surface area contributed by atoms with Crippen molar-refractivity contribution in [3.8, 4) is 0 Å². The van der Waals surface area contributed by atoms with E-state index in [0.717, 1.165) is 25.3 Å². The highest BCUT2D eigenvalue weighted by Crippen LogP contribution is 2.23. The van der Waals surface area contributed by atoms with E-state index in [1.54, 1.807) is 0 Å². The Morgan fingerprint density at radius 3 is 2.18 bits per heavy atom. The van der Waals surface area contributed by atoms with Crippen molar-refractivity contribution in [1.29, 1.82) is 0 Å². The number of amides is 1. The number of benzene rings is 2. The highest BCUT2D eigenvalue weighted by atomic mass is 16.1. The molecule has 0 spiro atoms. The van der Waals surface area contributed by atoms with Crippen molar-refractivity contribution in [1.82, 2.24) is 9.80 Å². The van der Waals surface area contributed by atoms with Crippen LogP contribution in [-0.4, -0.2) is 48.4 Å². The molecule has 0 aliphatic carbocycles.